The number of nitrogens with one attached hydrogen (secondary N) is 1. The average Bonchev–Trinajstić information content (AvgIpc) is 3.12. The fourth-order valence-electron chi connectivity index (χ4n) is 2.60. The van der Waals surface area contributed by atoms with Crippen LogP contribution in [-0.4, -0.2) is 36.0 Å². The molecule has 3 aromatic rings. The van der Waals surface area contributed by atoms with Crippen LogP contribution in [0.15, 0.2) is 58.9 Å². The van der Waals surface area contributed by atoms with Crippen LogP contribution in [0.25, 0.3) is 0 Å². The van der Waals surface area contributed by atoms with Crippen molar-refractivity contribution in [2.45, 2.75) is 30.0 Å². The summed E-state index contributed by atoms with van der Waals surface area (Å²) < 4.78 is 26.6. The maximum absolute atomic E-state index is 12.5. The number of hydrogen-bond acceptors (Lipinski definition) is 7. The molecule has 7 nitrogen and oxygen atoms in total. The van der Waals surface area contributed by atoms with Gasteiger partial charge < -0.3 is 0 Å². The maximum atomic E-state index is 12.5. The number of para-hydroxylation sites is 1. The lowest BCUT2D eigenvalue weighted by Gasteiger charge is -2.22. The first-order valence-electron chi connectivity index (χ1n) is 9.15. The van der Waals surface area contributed by atoms with E-state index in [9.17, 15) is 13.2 Å². The zero-order valence-corrected chi connectivity index (χ0v) is 19.2. The third-order valence-corrected chi connectivity index (χ3v) is 7.02. The highest BCUT2D eigenvalue weighted by Gasteiger charge is 2.18. The Bertz CT molecular complexity index is 1100. The Kier molecular flexibility index (Phi) is 7.11. The van der Waals surface area contributed by atoms with Crippen molar-refractivity contribution in [3.63, 3.8) is 0 Å². The molecule has 0 atom stereocenters. The molecule has 0 bridgehead atoms. The first-order valence-corrected chi connectivity index (χ1v) is 12.7. The SMILES string of the molecule is CC(C)Sc1nnc(NC(=O)c2ccc(CN(c3ccccc3)S(C)(=O)=O)cc2)s1. The predicted octanol–water partition coefficient (Wildman–Crippen LogP) is 4.26. The molecule has 2 aromatic carbocycles. The molecule has 0 saturated heterocycles. The number of thioether (sulfide) groups is 1. The summed E-state index contributed by atoms with van der Waals surface area (Å²) in [6, 6.07) is 15.7. The molecule has 10 heteroatoms. The lowest BCUT2D eigenvalue weighted by molar-refractivity contribution is 0.102. The van der Waals surface area contributed by atoms with Crippen LogP contribution >= 0.6 is 23.1 Å². The minimum absolute atomic E-state index is 0.178. The summed E-state index contributed by atoms with van der Waals surface area (Å²) in [6.07, 6.45) is 1.18. The molecular formula is C20H22N4O3S3. The van der Waals surface area contributed by atoms with E-state index in [2.05, 4.69) is 29.4 Å². The topological polar surface area (TPSA) is 92.3 Å². The molecular weight excluding hydrogens is 440 g/mol. The molecule has 30 heavy (non-hydrogen) atoms. The summed E-state index contributed by atoms with van der Waals surface area (Å²) in [5, 5.41) is 11.6. The number of nitrogens with zero attached hydrogens (tertiary/aromatic N) is 3. The quantitative estimate of drug-likeness (QED) is 0.397. The van der Waals surface area contributed by atoms with E-state index in [1.165, 1.54) is 21.9 Å². The van der Waals surface area contributed by atoms with Crippen molar-refractivity contribution in [2.24, 2.45) is 0 Å². The van der Waals surface area contributed by atoms with Gasteiger partial charge in [-0.3, -0.25) is 14.4 Å². The van der Waals surface area contributed by atoms with Crippen LogP contribution in [0.4, 0.5) is 10.8 Å². The lowest BCUT2D eigenvalue weighted by Crippen LogP contribution is -2.29. The maximum Gasteiger partial charge on any atom is 0.257 e. The molecule has 158 valence electrons. The van der Waals surface area contributed by atoms with Crippen molar-refractivity contribution in [2.75, 3.05) is 15.9 Å². The zero-order valence-electron chi connectivity index (χ0n) is 16.8. The Morgan fingerprint density at radius 1 is 1.10 bits per heavy atom. The van der Waals surface area contributed by atoms with Crippen molar-refractivity contribution in [1.82, 2.24) is 10.2 Å². The minimum atomic E-state index is -3.45. The first kappa shape index (κ1) is 22.3. The van der Waals surface area contributed by atoms with Crippen molar-refractivity contribution in [1.29, 1.82) is 0 Å². The largest absolute Gasteiger partial charge is 0.296 e. The average molecular weight is 463 g/mol. The summed E-state index contributed by atoms with van der Waals surface area (Å²) in [6.45, 7) is 4.31. The summed E-state index contributed by atoms with van der Waals surface area (Å²) in [4.78, 5) is 12.5. The number of amides is 1. The molecule has 0 unspecified atom stereocenters. The Labute approximate surface area is 184 Å². The number of aromatic nitrogens is 2. The standard InChI is InChI=1S/C20H22N4O3S3/c1-14(2)28-20-23-22-19(29-20)21-18(25)16-11-9-15(10-12-16)13-24(30(3,26)27)17-7-5-4-6-8-17/h4-12,14H,13H2,1-3H3,(H,21,22,25). The van der Waals surface area contributed by atoms with E-state index in [0.717, 1.165) is 9.90 Å². The van der Waals surface area contributed by atoms with E-state index in [4.69, 9.17) is 0 Å². The van der Waals surface area contributed by atoms with Gasteiger partial charge >= 0.3 is 0 Å². The van der Waals surface area contributed by atoms with Crippen molar-refractivity contribution < 1.29 is 13.2 Å². The number of carbonyl (C=O) groups is 1. The third-order valence-electron chi connectivity index (χ3n) is 3.95. The van der Waals surface area contributed by atoms with Crippen LogP contribution in [0, 0.1) is 0 Å². The van der Waals surface area contributed by atoms with Crippen LogP contribution in [0.1, 0.15) is 29.8 Å². The summed E-state index contributed by atoms with van der Waals surface area (Å²) in [7, 11) is -3.45. The summed E-state index contributed by atoms with van der Waals surface area (Å²) in [5.74, 6) is -0.290. The van der Waals surface area contributed by atoms with Gasteiger partial charge in [0, 0.05) is 10.8 Å². The molecule has 0 aliphatic carbocycles. The molecule has 1 amide bonds. The van der Waals surface area contributed by atoms with Crippen LogP contribution in [0.5, 0.6) is 0 Å². The minimum Gasteiger partial charge on any atom is -0.296 e. The van der Waals surface area contributed by atoms with E-state index in [0.29, 0.717) is 21.6 Å². The van der Waals surface area contributed by atoms with Crippen molar-refractivity contribution in [3.05, 3.63) is 65.7 Å². The zero-order chi connectivity index (χ0) is 21.7. The summed E-state index contributed by atoms with van der Waals surface area (Å²) >= 11 is 2.92. The van der Waals surface area contributed by atoms with Gasteiger partial charge in [0.15, 0.2) is 4.34 Å². The van der Waals surface area contributed by atoms with Crippen LogP contribution in [0.2, 0.25) is 0 Å². The van der Waals surface area contributed by atoms with Crippen molar-refractivity contribution in [3.8, 4) is 0 Å². The van der Waals surface area contributed by atoms with Gasteiger partial charge in [-0.15, -0.1) is 10.2 Å². The molecule has 0 aliphatic heterocycles. The Hall–Kier alpha value is -2.43. The van der Waals surface area contributed by atoms with Crippen LogP contribution in [0.3, 0.4) is 0 Å². The monoisotopic (exact) mass is 462 g/mol. The number of benzene rings is 2. The van der Waals surface area contributed by atoms with Gasteiger partial charge in [-0.05, 0) is 29.8 Å². The van der Waals surface area contributed by atoms with Crippen molar-refractivity contribution >= 4 is 49.8 Å². The highest BCUT2D eigenvalue weighted by molar-refractivity contribution is 8.01. The molecule has 0 saturated carbocycles. The second-order valence-corrected chi connectivity index (χ2v) is 11.5. The van der Waals surface area contributed by atoms with Gasteiger partial charge in [0.1, 0.15) is 0 Å². The van der Waals surface area contributed by atoms with Gasteiger partial charge in [0.25, 0.3) is 5.91 Å². The molecule has 0 aliphatic rings. The molecule has 1 heterocycles. The van der Waals surface area contributed by atoms with Gasteiger partial charge in [-0.25, -0.2) is 8.42 Å². The number of carbonyl (C=O) groups excluding carboxylic acids is 1. The highest BCUT2D eigenvalue weighted by atomic mass is 32.2. The first-order chi connectivity index (χ1) is 14.2. The fraction of sp³-hybridized carbons (Fsp3) is 0.250. The molecule has 0 radical (unpaired) electrons. The smallest absolute Gasteiger partial charge is 0.257 e. The Balaban J connectivity index is 1.69. The van der Waals surface area contributed by atoms with Crippen LogP contribution in [-0.2, 0) is 16.6 Å². The van der Waals surface area contributed by atoms with E-state index >= 15 is 0 Å². The van der Waals surface area contributed by atoms with Gasteiger partial charge in [0.05, 0.1) is 18.5 Å². The van der Waals surface area contributed by atoms with Gasteiger partial charge in [-0.2, -0.15) is 0 Å². The lowest BCUT2D eigenvalue weighted by atomic mass is 10.1. The fourth-order valence-corrected chi connectivity index (χ4v) is 5.46. The van der Waals surface area contributed by atoms with E-state index in [1.54, 1.807) is 60.3 Å². The second kappa shape index (κ2) is 9.59. The molecule has 0 fully saturated rings. The normalized spacial score (nSPS) is 11.5. The van der Waals surface area contributed by atoms with Gasteiger partial charge in [0.2, 0.25) is 15.2 Å². The molecule has 3 rings (SSSR count). The predicted molar refractivity (Wildman–Crippen MR) is 123 cm³/mol. The molecule has 0 spiro atoms. The van der Waals surface area contributed by atoms with E-state index in [1.807, 2.05) is 6.07 Å². The highest BCUT2D eigenvalue weighted by Crippen LogP contribution is 2.28. The number of anilines is 2. The molecule has 1 aromatic heterocycles. The second-order valence-electron chi connectivity index (χ2n) is 6.80. The summed E-state index contributed by atoms with van der Waals surface area (Å²) in [5.41, 5.74) is 1.82. The Morgan fingerprint density at radius 2 is 1.77 bits per heavy atom. The number of hydrogen-bond donors (Lipinski definition) is 1. The number of rotatable bonds is 8. The Morgan fingerprint density at radius 3 is 2.37 bits per heavy atom. The van der Waals surface area contributed by atoms with Crippen LogP contribution < -0.4 is 9.62 Å². The third kappa shape index (κ3) is 6.04. The van der Waals surface area contributed by atoms with E-state index < -0.39 is 10.0 Å². The molecule has 1 N–H and O–H groups in total. The number of sulfonamides is 1. The van der Waals surface area contributed by atoms with Gasteiger partial charge in [-0.1, -0.05) is 67.3 Å². The van der Waals surface area contributed by atoms with E-state index in [-0.39, 0.29) is 12.5 Å².